The number of methoxy groups -OCH3 is 1. The van der Waals surface area contributed by atoms with Gasteiger partial charge >= 0.3 is 0 Å². The molecule has 0 aliphatic heterocycles. The first kappa shape index (κ1) is 20.5. The third-order valence-electron chi connectivity index (χ3n) is 4.05. The Morgan fingerprint density at radius 2 is 1.93 bits per heavy atom. The molecule has 1 N–H and O–H groups in total. The molecule has 3 aromatic rings. The number of ether oxygens (including phenoxy) is 1. The van der Waals surface area contributed by atoms with Crippen LogP contribution in [0.15, 0.2) is 64.0 Å². The summed E-state index contributed by atoms with van der Waals surface area (Å²) in [6, 6.07) is 15.1. The first-order chi connectivity index (χ1) is 13.9. The molecule has 29 heavy (non-hydrogen) atoms. The largest absolute Gasteiger partial charge is 0.497 e. The summed E-state index contributed by atoms with van der Waals surface area (Å²) < 4.78 is 36.2. The van der Waals surface area contributed by atoms with Gasteiger partial charge in [0.2, 0.25) is 27.6 Å². The van der Waals surface area contributed by atoms with Crippen molar-refractivity contribution in [1.29, 1.82) is 0 Å². The van der Waals surface area contributed by atoms with Gasteiger partial charge in [0, 0.05) is 12.6 Å². The fraction of sp³-hybridized carbons (Fsp3) is 0.211. The molecule has 10 heteroatoms. The number of hydrogen-bond donors (Lipinski definition) is 1. The fourth-order valence-corrected chi connectivity index (χ4v) is 3.64. The van der Waals surface area contributed by atoms with E-state index in [1.807, 2.05) is 0 Å². The average molecular weight is 416 g/mol. The van der Waals surface area contributed by atoms with E-state index in [0.29, 0.717) is 17.1 Å². The molecule has 0 aliphatic carbocycles. The van der Waals surface area contributed by atoms with Gasteiger partial charge in [0.25, 0.3) is 0 Å². The van der Waals surface area contributed by atoms with Crippen molar-refractivity contribution in [1.82, 2.24) is 19.8 Å². The average Bonchev–Trinajstić information content (AvgIpc) is 3.22. The van der Waals surface area contributed by atoms with Gasteiger partial charge in [0.15, 0.2) is 0 Å². The maximum absolute atomic E-state index is 12.4. The van der Waals surface area contributed by atoms with Crippen molar-refractivity contribution < 1.29 is 22.5 Å². The normalized spacial score (nSPS) is 11.4. The van der Waals surface area contributed by atoms with Crippen LogP contribution in [0.1, 0.15) is 5.89 Å². The smallest absolute Gasteiger partial charge is 0.246 e. The molecule has 0 atom stereocenters. The Morgan fingerprint density at radius 1 is 1.17 bits per heavy atom. The lowest BCUT2D eigenvalue weighted by Crippen LogP contribution is -2.38. The first-order valence-corrected chi connectivity index (χ1v) is 10.1. The Balaban J connectivity index is 1.58. The lowest BCUT2D eigenvalue weighted by Gasteiger charge is -2.16. The predicted molar refractivity (Wildman–Crippen MR) is 104 cm³/mol. The summed E-state index contributed by atoms with van der Waals surface area (Å²) in [6.07, 6.45) is 0. The molecule has 2 aromatic carbocycles. The van der Waals surface area contributed by atoms with Gasteiger partial charge in [-0.25, -0.2) is 8.42 Å². The van der Waals surface area contributed by atoms with Crippen LogP contribution in [0.5, 0.6) is 5.75 Å². The van der Waals surface area contributed by atoms with Crippen molar-refractivity contribution in [2.45, 2.75) is 11.4 Å². The second-order valence-corrected chi connectivity index (χ2v) is 8.14. The number of carbonyl (C=O) groups is 1. The molecule has 0 saturated heterocycles. The zero-order valence-electron chi connectivity index (χ0n) is 15.9. The Labute approximate surface area is 168 Å². The zero-order valence-corrected chi connectivity index (χ0v) is 16.7. The van der Waals surface area contributed by atoms with E-state index in [2.05, 4.69) is 15.5 Å². The van der Waals surface area contributed by atoms with E-state index in [0.717, 1.165) is 4.31 Å². The van der Waals surface area contributed by atoms with Crippen LogP contribution in [0.2, 0.25) is 0 Å². The molecular weight excluding hydrogens is 396 g/mol. The van der Waals surface area contributed by atoms with E-state index >= 15 is 0 Å². The van der Waals surface area contributed by atoms with Crippen LogP contribution in [0.25, 0.3) is 11.4 Å². The molecule has 152 valence electrons. The minimum Gasteiger partial charge on any atom is -0.497 e. The highest BCUT2D eigenvalue weighted by Gasteiger charge is 2.22. The fourth-order valence-electron chi connectivity index (χ4n) is 2.50. The summed E-state index contributed by atoms with van der Waals surface area (Å²) in [5.74, 6) is 0.722. The lowest BCUT2D eigenvalue weighted by molar-refractivity contribution is -0.121. The lowest BCUT2D eigenvalue weighted by atomic mass is 10.2. The summed E-state index contributed by atoms with van der Waals surface area (Å²) >= 11 is 0. The number of rotatable bonds is 8. The molecular formula is C19H20N4O5S. The molecule has 0 fully saturated rings. The molecule has 0 spiro atoms. The number of carbonyl (C=O) groups excluding carboxylic acids is 1. The minimum absolute atomic E-state index is 0.0188. The molecule has 9 nitrogen and oxygen atoms in total. The van der Waals surface area contributed by atoms with Crippen molar-refractivity contribution in [3.8, 4) is 17.1 Å². The van der Waals surface area contributed by atoms with Crippen LogP contribution in [0.4, 0.5) is 0 Å². The Bertz CT molecular complexity index is 1080. The van der Waals surface area contributed by atoms with Crippen molar-refractivity contribution in [2.24, 2.45) is 0 Å². The van der Waals surface area contributed by atoms with Gasteiger partial charge in [0.05, 0.1) is 25.1 Å². The van der Waals surface area contributed by atoms with Gasteiger partial charge in [0.1, 0.15) is 5.75 Å². The van der Waals surface area contributed by atoms with Crippen LogP contribution >= 0.6 is 0 Å². The second-order valence-electron chi connectivity index (χ2n) is 6.09. The summed E-state index contributed by atoms with van der Waals surface area (Å²) in [4.78, 5) is 16.5. The van der Waals surface area contributed by atoms with Gasteiger partial charge in [-0.2, -0.15) is 9.29 Å². The Hall–Kier alpha value is -3.24. The number of sulfonamides is 1. The molecule has 0 aliphatic rings. The van der Waals surface area contributed by atoms with Crippen LogP contribution in [-0.4, -0.2) is 49.5 Å². The summed E-state index contributed by atoms with van der Waals surface area (Å²) in [5.41, 5.74) is 0.708. The van der Waals surface area contributed by atoms with E-state index in [9.17, 15) is 13.2 Å². The molecule has 0 bridgehead atoms. The van der Waals surface area contributed by atoms with Crippen LogP contribution < -0.4 is 10.1 Å². The van der Waals surface area contributed by atoms with Gasteiger partial charge in [-0.3, -0.25) is 4.79 Å². The molecule has 1 aromatic heterocycles. The Morgan fingerprint density at radius 3 is 2.66 bits per heavy atom. The number of aromatic nitrogens is 2. The predicted octanol–water partition coefficient (Wildman–Crippen LogP) is 1.68. The van der Waals surface area contributed by atoms with E-state index in [1.165, 1.54) is 19.2 Å². The van der Waals surface area contributed by atoms with Crippen LogP contribution in [-0.2, 0) is 21.4 Å². The third kappa shape index (κ3) is 4.98. The van der Waals surface area contributed by atoms with E-state index in [1.54, 1.807) is 49.6 Å². The first-order valence-electron chi connectivity index (χ1n) is 8.65. The number of likely N-dealkylation sites (N-methyl/N-ethyl adjacent to an activating group) is 1. The van der Waals surface area contributed by atoms with Crippen LogP contribution in [0.3, 0.4) is 0 Å². The highest BCUT2D eigenvalue weighted by atomic mass is 32.2. The number of amides is 1. The second kappa shape index (κ2) is 8.84. The highest BCUT2D eigenvalue weighted by molar-refractivity contribution is 7.89. The minimum atomic E-state index is -3.75. The van der Waals surface area contributed by atoms with E-state index in [4.69, 9.17) is 9.26 Å². The van der Waals surface area contributed by atoms with Gasteiger partial charge in [-0.15, -0.1) is 0 Å². The molecule has 0 saturated carbocycles. The molecule has 0 radical (unpaired) electrons. The molecule has 1 amide bonds. The SMILES string of the molecule is COc1cccc(-c2noc(CNC(=O)CN(C)S(=O)(=O)c3ccccc3)n2)c1. The maximum atomic E-state index is 12.4. The summed E-state index contributed by atoms with van der Waals surface area (Å²) in [5, 5.41) is 6.46. The van der Waals surface area contributed by atoms with E-state index in [-0.39, 0.29) is 23.9 Å². The molecule has 1 heterocycles. The van der Waals surface area contributed by atoms with Crippen molar-refractivity contribution >= 4 is 15.9 Å². The van der Waals surface area contributed by atoms with Crippen molar-refractivity contribution in [3.05, 3.63) is 60.5 Å². The van der Waals surface area contributed by atoms with Crippen molar-refractivity contribution in [3.63, 3.8) is 0 Å². The van der Waals surface area contributed by atoms with E-state index < -0.39 is 15.9 Å². The quantitative estimate of drug-likeness (QED) is 0.594. The monoisotopic (exact) mass is 416 g/mol. The number of hydrogen-bond acceptors (Lipinski definition) is 7. The van der Waals surface area contributed by atoms with Gasteiger partial charge in [-0.1, -0.05) is 35.5 Å². The molecule has 3 rings (SSSR count). The number of benzene rings is 2. The topological polar surface area (TPSA) is 115 Å². The number of nitrogens with one attached hydrogen (secondary N) is 1. The van der Waals surface area contributed by atoms with Gasteiger partial charge in [-0.05, 0) is 24.3 Å². The standard InChI is InChI=1S/C19H20N4O5S/c1-23(29(25,26)16-9-4-3-5-10-16)13-17(24)20-12-18-21-19(22-28-18)14-7-6-8-15(11-14)27-2/h3-11H,12-13H2,1-2H3,(H,20,24). The Kier molecular flexibility index (Phi) is 6.25. The van der Waals surface area contributed by atoms with Crippen molar-refractivity contribution in [2.75, 3.05) is 20.7 Å². The third-order valence-corrected chi connectivity index (χ3v) is 5.87. The number of nitrogens with zero attached hydrogens (tertiary/aromatic N) is 3. The molecule has 0 unspecified atom stereocenters. The van der Waals surface area contributed by atoms with Crippen LogP contribution in [0, 0.1) is 0 Å². The summed E-state index contributed by atoms with van der Waals surface area (Å²) in [6.45, 7) is -0.358. The maximum Gasteiger partial charge on any atom is 0.246 e. The zero-order chi connectivity index (χ0) is 20.9. The van der Waals surface area contributed by atoms with Gasteiger partial charge < -0.3 is 14.6 Å². The highest BCUT2D eigenvalue weighted by Crippen LogP contribution is 2.21. The summed E-state index contributed by atoms with van der Waals surface area (Å²) in [7, 11) is -0.843.